The molecular weight excluding hydrogens is 446 g/mol. The molecular formula is C26H31N5O2S. The zero-order valence-corrected chi connectivity index (χ0v) is 20.9. The summed E-state index contributed by atoms with van der Waals surface area (Å²) in [6, 6.07) is 10.6. The minimum atomic E-state index is -0.0731. The summed E-state index contributed by atoms with van der Waals surface area (Å²) in [5.41, 5.74) is 4.63. The average Bonchev–Trinajstić information content (AvgIpc) is 3.53. The predicted octanol–water partition coefficient (Wildman–Crippen LogP) is 4.94. The standard InChI is InChI=1S/C26H31N5O2S/c1-5-6-7-19-8-10-22-20(14-19)26(12-13-30(15-26)18(3)32)16-31(22)17(2)27-25-28-21-9-11-23(33-4)29-24(21)34-25/h8-11,14H,2,5-7,12-13,15-16H2,1,3-4H3,(H,27,28). The molecule has 34 heavy (non-hydrogen) atoms. The van der Waals surface area contributed by atoms with Gasteiger partial charge in [0.1, 0.15) is 16.2 Å². The van der Waals surface area contributed by atoms with Crippen molar-refractivity contribution in [1.82, 2.24) is 14.9 Å². The van der Waals surface area contributed by atoms with Gasteiger partial charge < -0.3 is 19.9 Å². The third kappa shape index (κ3) is 4.00. The summed E-state index contributed by atoms with van der Waals surface area (Å²) in [6.07, 6.45) is 4.40. The van der Waals surface area contributed by atoms with Gasteiger partial charge in [0.25, 0.3) is 0 Å². The number of amides is 1. The molecule has 5 rings (SSSR count). The summed E-state index contributed by atoms with van der Waals surface area (Å²) in [6.45, 7) is 10.6. The van der Waals surface area contributed by atoms with E-state index in [2.05, 4.69) is 51.9 Å². The number of anilines is 2. The highest BCUT2D eigenvalue weighted by molar-refractivity contribution is 7.21. The molecule has 1 spiro atoms. The quantitative estimate of drug-likeness (QED) is 0.520. The maximum Gasteiger partial charge on any atom is 0.219 e. The van der Waals surface area contributed by atoms with Gasteiger partial charge in [-0.1, -0.05) is 43.4 Å². The van der Waals surface area contributed by atoms with Gasteiger partial charge in [-0.05, 0) is 42.5 Å². The number of ether oxygens (including phenoxy) is 1. The smallest absolute Gasteiger partial charge is 0.219 e. The zero-order chi connectivity index (χ0) is 23.9. The Morgan fingerprint density at radius 1 is 1.26 bits per heavy atom. The first kappa shape index (κ1) is 22.7. The lowest BCUT2D eigenvalue weighted by Gasteiger charge is -2.27. The summed E-state index contributed by atoms with van der Waals surface area (Å²) in [5, 5.41) is 4.17. The molecule has 2 aliphatic heterocycles. The lowest BCUT2D eigenvalue weighted by atomic mass is 9.80. The number of carbonyl (C=O) groups is 1. The molecule has 1 N–H and O–H groups in total. The monoisotopic (exact) mass is 477 g/mol. The number of pyridine rings is 1. The van der Waals surface area contributed by atoms with Crippen molar-refractivity contribution in [2.75, 3.05) is 37.0 Å². The maximum atomic E-state index is 12.2. The summed E-state index contributed by atoms with van der Waals surface area (Å²) < 4.78 is 5.24. The molecule has 178 valence electrons. The molecule has 0 aliphatic carbocycles. The summed E-state index contributed by atoms with van der Waals surface area (Å²) in [5.74, 6) is 1.51. The number of methoxy groups -OCH3 is 1. The lowest BCUT2D eigenvalue weighted by Crippen LogP contribution is -2.38. The Kier molecular flexibility index (Phi) is 5.93. The van der Waals surface area contributed by atoms with Crippen molar-refractivity contribution in [2.24, 2.45) is 0 Å². The first-order valence-electron chi connectivity index (χ1n) is 11.9. The van der Waals surface area contributed by atoms with Crippen molar-refractivity contribution in [3.8, 4) is 5.88 Å². The Bertz CT molecular complexity index is 1260. The van der Waals surface area contributed by atoms with Gasteiger partial charge >= 0.3 is 0 Å². The van der Waals surface area contributed by atoms with E-state index in [9.17, 15) is 4.79 Å². The van der Waals surface area contributed by atoms with Crippen molar-refractivity contribution in [1.29, 1.82) is 0 Å². The number of nitrogens with one attached hydrogen (secondary N) is 1. The molecule has 1 aromatic carbocycles. The lowest BCUT2D eigenvalue weighted by molar-refractivity contribution is -0.127. The summed E-state index contributed by atoms with van der Waals surface area (Å²) in [7, 11) is 1.61. The molecule has 0 saturated carbocycles. The van der Waals surface area contributed by atoms with Crippen LogP contribution in [0.3, 0.4) is 0 Å². The van der Waals surface area contributed by atoms with E-state index in [1.807, 2.05) is 17.0 Å². The number of nitrogens with zero attached hydrogens (tertiary/aromatic N) is 4. The second-order valence-corrected chi connectivity index (χ2v) is 10.3. The average molecular weight is 478 g/mol. The van der Waals surface area contributed by atoms with Crippen LogP contribution >= 0.6 is 11.3 Å². The fourth-order valence-corrected chi connectivity index (χ4v) is 5.99. The SMILES string of the molecule is C=C(Nc1nc2ccc(OC)nc2s1)N1CC2(CCN(C(C)=O)C2)c2cc(CCCC)ccc21. The molecule has 1 saturated heterocycles. The number of carbonyl (C=O) groups excluding carboxylic acids is 1. The van der Waals surface area contributed by atoms with E-state index >= 15 is 0 Å². The highest BCUT2D eigenvalue weighted by Crippen LogP contribution is 2.48. The van der Waals surface area contributed by atoms with E-state index in [-0.39, 0.29) is 11.3 Å². The topological polar surface area (TPSA) is 70.6 Å². The number of hydrogen-bond acceptors (Lipinski definition) is 7. The molecule has 0 radical (unpaired) electrons. The molecule has 3 aromatic rings. The molecule has 8 heteroatoms. The van der Waals surface area contributed by atoms with E-state index in [1.54, 1.807) is 14.0 Å². The fourth-order valence-electron chi connectivity index (χ4n) is 5.14. The van der Waals surface area contributed by atoms with E-state index in [0.29, 0.717) is 5.88 Å². The van der Waals surface area contributed by atoms with Crippen LogP contribution in [-0.4, -0.2) is 47.5 Å². The third-order valence-electron chi connectivity index (χ3n) is 7.02. The number of fused-ring (bicyclic) bond motifs is 3. The fraction of sp³-hybridized carbons (Fsp3) is 0.423. The minimum absolute atomic E-state index is 0.0731. The molecule has 7 nitrogen and oxygen atoms in total. The highest BCUT2D eigenvalue weighted by atomic mass is 32.1. The Hall–Kier alpha value is -3.13. The van der Waals surface area contributed by atoms with Crippen molar-refractivity contribution < 1.29 is 9.53 Å². The van der Waals surface area contributed by atoms with Crippen LogP contribution in [0.25, 0.3) is 10.3 Å². The first-order chi connectivity index (χ1) is 16.4. The van der Waals surface area contributed by atoms with Crippen molar-refractivity contribution in [3.63, 3.8) is 0 Å². The number of unbranched alkanes of at least 4 members (excludes halogenated alkanes) is 1. The minimum Gasteiger partial charge on any atom is -0.481 e. The van der Waals surface area contributed by atoms with Crippen LogP contribution < -0.4 is 15.0 Å². The molecule has 1 amide bonds. The van der Waals surface area contributed by atoms with Crippen molar-refractivity contribution >= 4 is 38.4 Å². The van der Waals surface area contributed by atoms with Crippen molar-refractivity contribution in [2.45, 2.75) is 44.9 Å². The Balaban J connectivity index is 1.44. The Morgan fingerprint density at radius 2 is 2.12 bits per heavy atom. The molecule has 2 aromatic heterocycles. The summed E-state index contributed by atoms with van der Waals surface area (Å²) >= 11 is 1.48. The molecule has 4 heterocycles. The predicted molar refractivity (Wildman–Crippen MR) is 138 cm³/mol. The molecule has 0 bridgehead atoms. The Labute approximate surface area is 204 Å². The number of thiazole rings is 1. The third-order valence-corrected chi connectivity index (χ3v) is 7.90. The van der Waals surface area contributed by atoms with Crippen LogP contribution in [0.2, 0.25) is 0 Å². The number of likely N-dealkylation sites (tertiary alicyclic amines) is 1. The number of rotatable bonds is 7. The number of aryl methyl sites for hydroxylation is 1. The van der Waals surface area contributed by atoms with Crippen LogP contribution in [0.4, 0.5) is 10.8 Å². The first-order valence-corrected chi connectivity index (χ1v) is 12.7. The Morgan fingerprint density at radius 3 is 2.85 bits per heavy atom. The highest BCUT2D eigenvalue weighted by Gasteiger charge is 2.48. The number of hydrogen-bond donors (Lipinski definition) is 1. The number of aromatic nitrogens is 2. The van der Waals surface area contributed by atoms with Crippen LogP contribution in [0, 0.1) is 0 Å². The van der Waals surface area contributed by atoms with Gasteiger partial charge in [-0.3, -0.25) is 4.79 Å². The van der Waals surface area contributed by atoms with Gasteiger partial charge in [0.2, 0.25) is 11.8 Å². The van der Waals surface area contributed by atoms with Crippen LogP contribution in [0.15, 0.2) is 42.7 Å². The van der Waals surface area contributed by atoms with Crippen LogP contribution in [-0.2, 0) is 16.6 Å². The normalized spacial score (nSPS) is 19.1. The van der Waals surface area contributed by atoms with Crippen LogP contribution in [0.5, 0.6) is 5.88 Å². The van der Waals surface area contributed by atoms with Gasteiger partial charge in [0, 0.05) is 43.7 Å². The van der Waals surface area contributed by atoms with Gasteiger partial charge in [-0.15, -0.1) is 0 Å². The van der Waals surface area contributed by atoms with Gasteiger partial charge in [-0.25, -0.2) is 9.97 Å². The second kappa shape index (κ2) is 8.91. The molecule has 1 atom stereocenters. The largest absolute Gasteiger partial charge is 0.481 e. The molecule has 1 unspecified atom stereocenters. The van der Waals surface area contributed by atoms with Crippen LogP contribution in [0.1, 0.15) is 44.2 Å². The van der Waals surface area contributed by atoms with E-state index in [4.69, 9.17) is 4.74 Å². The zero-order valence-electron chi connectivity index (χ0n) is 20.1. The second-order valence-electron chi connectivity index (χ2n) is 9.28. The van der Waals surface area contributed by atoms with E-state index in [0.717, 1.165) is 53.8 Å². The maximum absolute atomic E-state index is 12.2. The van der Waals surface area contributed by atoms with E-state index < -0.39 is 0 Å². The van der Waals surface area contributed by atoms with E-state index in [1.165, 1.54) is 41.0 Å². The molecule has 2 aliphatic rings. The van der Waals surface area contributed by atoms with Gasteiger partial charge in [0.05, 0.1) is 7.11 Å². The summed E-state index contributed by atoms with van der Waals surface area (Å²) in [4.78, 5) is 26.4. The van der Waals surface area contributed by atoms with Gasteiger partial charge in [-0.2, -0.15) is 0 Å². The van der Waals surface area contributed by atoms with Crippen molar-refractivity contribution in [3.05, 3.63) is 53.9 Å². The molecule has 1 fully saturated rings. The number of benzene rings is 1. The van der Waals surface area contributed by atoms with Gasteiger partial charge in [0.15, 0.2) is 5.13 Å².